The number of carbonyl (C=O) groups excluding carboxylic acids is 2. The van der Waals surface area contributed by atoms with Crippen molar-refractivity contribution in [1.82, 2.24) is 10.2 Å². The number of aliphatic hydroxyl groups is 1. The maximum atomic E-state index is 12.6. The van der Waals surface area contributed by atoms with E-state index in [0.29, 0.717) is 19.4 Å². The highest BCUT2D eigenvalue weighted by molar-refractivity contribution is 6.01. The van der Waals surface area contributed by atoms with Gasteiger partial charge in [0.1, 0.15) is 6.04 Å². The van der Waals surface area contributed by atoms with Crippen molar-refractivity contribution < 1.29 is 19.4 Å². The second kappa shape index (κ2) is 6.78. The molecule has 1 aromatic carbocycles. The molecule has 2 heterocycles. The van der Waals surface area contributed by atoms with Crippen molar-refractivity contribution in [3.05, 3.63) is 29.8 Å². The number of likely N-dealkylation sites (N-methyl/N-ethyl adjacent to an activating group) is 1. The SMILES string of the molecule is CO[C@@H]1C[C@@H](CO)N(C(=O)NC2Cc3ccccc3N(C)C2=O)C1. The Kier molecular flexibility index (Phi) is 4.73. The molecule has 7 nitrogen and oxygen atoms in total. The van der Waals surface area contributed by atoms with E-state index in [9.17, 15) is 14.7 Å². The van der Waals surface area contributed by atoms with Crippen LogP contribution < -0.4 is 10.2 Å². The molecule has 2 aliphatic rings. The summed E-state index contributed by atoms with van der Waals surface area (Å²) in [6.45, 7) is 0.301. The fraction of sp³-hybridized carbons (Fsp3) is 0.529. The van der Waals surface area contributed by atoms with E-state index in [2.05, 4.69) is 5.32 Å². The molecule has 3 amide bonds. The summed E-state index contributed by atoms with van der Waals surface area (Å²) >= 11 is 0. The van der Waals surface area contributed by atoms with Crippen LogP contribution in [-0.2, 0) is 16.0 Å². The van der Waals surface area contributed by atoms with Gasteiger partial charge in [-0.2, -0.15) is 0 Å². The first-order valence-corrected chi connectivity index (χ1v) is 8.11. The van der Waals surface area contributed by atoms with Gasteiger partial charge in [-0.3, -0.25) is 4.79 Å². The summed E-state index contributed by atoms with van der Waals surface area (Å²) < 4.78 is 5.29. The third-order valence-corrected chi connectivity index (χ3v) is 4.88. The van der Waals surface area contributed by atoms with Crippen LogP contribution in [0.4, 0.5) is 10.5 Å². The maximum absolute atomic E-state index is 12.6. The number of anilines is 1. The third-order valence-electron chi connectivity index (χ3n) is 4.88. The van der Waals surface area contributed by atoms with Crippen LogP contribution in [0.15, 0.2) is 24.3 Å². The number of hydrogen-bond acceptors (Lipinski definition) is 4. The normalized spacial score (nSPS) is 26.5. The number of benzene rings is 1. The Hall–Kier alpha value is -2.12. The minimum Gasteiger partial charge on any atom is -0.394 e. The number of likely N-dealkylation sites (tertiary alicyclic amines) is 1. The van der Waals surface area contributed by atoms with Crippen molar-refractivity contribution in [2.45, 2.75) is 31.0 Å². The van der Waals surface area contributed by atoms with Crippen LogP contribution in [-0.4, -0.2) is 67.4 Å². The van der Waals surface area contributed by atoms with Crippen molar-refractivity contribution in [2.75, 3.05) is 32.2 Å². The lowest BCUT2D eigenvalue weighted by atomic mass is 9.98. The fourth-order valence-corrected chi connectivity index (χ4v) is 3.48. The number of urea groups is 1. The average Bonchev–Trinajstić information content (AvgIpc) is 3.03. The molecule has 3 atom stereocenters. The highest BCUT2D eigenvalue weighted by atomic mass is 16.5. The smallest absolute Gasteiger partial charge is 0.318 e. The van der Waals surface area contributed by atoms with E-state index >= 15 is 0 Å². The minimum absolute atomic E-state index is 0.0849. The second-order valence-corrected chi connectivity index (χ2v) is 6.31. The molecule has 1 unspecified atom stereocenters. The van der Waals surface area contributed by atoms with Crippen molar-refractivity contribution in [2.24, 2.45) is 0 Å². The fourth-order valence-electron chi connectivity index (χ4n) is 3.48. The molecular weight excluding hydrogens is 310 g/mol. The first-order valence-electron chi connectivity index (χ1n) is 8.11. The van der Waals surface area contributed by atoms with E-state index in [1.807, 2.05) is 24.3 Å². The van der Waals surface area contributed by atoms with Crippen molar-refractivity contribution >= 4 is 17.6 Å². The van der Waals surface area contributed by atoms with E-state index in [4.69, 9.17) is 4.74 Å². The third kappa shape index (κ3) is 2.97. The van der Waals surface area contributed by atoms with Crippen molar-refractivity contribution in [3.8, 4) is 0 Å². The number of amides is 3. The van der Waals surface area contributed by atoms with Crippen LogP contribution in [0.2, 0.25) is 0 Å². The second-order valence-electron chi connectivity index (χ2n) is 6.31. The van der Waals surface area contributed by atoms with Crippen LogP contribution in [0, 0.1) is 0 Å². The van der Waals surface area contributed by atoms with Gasteiger partial charge in [0, 0.05) is 32.8 Å². The first-order chi connectivity index (χ1) is 11.5. The predicted octanol–water partition coefficient (Wildman–Crippen LogP) is 0.365. The molecule has 1 fully saturated rings. The van der Waals surface area contributed by atoms with Gasteiger partial charge in [0.05, 0.1) is 18.8 Å². The van der Waals surface area contributed by atoms with E-state index < -0.39 is 6.04 Å². The first kappa shape index (κ1) is 16.7. The molecule has 0 aliphatic carbocycles. The Balaban J connectivity index is 1.72. The highest BCUT2D eigenvalue weighted by Crippen LogP contribution is 2.27. The van der Waals surface area contributed by atoms with Gasteiger partial charge >= 0.3 is 6.03 Å². The quantitative estimate of drug-likeness (QED) is 0.837. The molecule has 0 bridgehead atoms. The number of hydrogen-bond donors (Lipinski definition) is 2. The zero-order valence-electron chi connectivity index (χ0n) is 13.9. The molecule has 24 heavy (non-hydrogen) atoms. The summed E-state index contributed by atoms with van der Waals surface area (Å²) in [7, 11) is 3.31. The van der Waals surface area contributed by atoms with Gasteiger partial charge in [-0.1, -0.05) is 18.2 Å². The molecule has 130 valence electrons. The number of methoxy groups -OCH3 is 1. The molecule has 1 saturated heterocycles. The van der Waals surface area contributed by atoms with E-state index in [1.165, 1.54) is 0 Å². The van der Waals surface area contributed by atoms with E-state index in [0.717, 1.165) is 11.3 Å². The van der Waals surface area contributed by atoms with Crippen LogP contribution >= 0.6 is 0 Å². The van der Waals surface area contributed by atoms with Crippen LogP contribution in [0.1, 0.15) is 12.0 Å². The number of ether oxygens (including phenoxy) is 1. The van der Waals surface area contributed by atoms with E-state index in [1.54, 1.807) is 24.0 Å². The average molecular weight is 333 g/mol. The number of aliphatic hydroxyl groups excluding tert-OH is 1. The summed E-state index contributed by atoms with van der Waals surface area (Å²) in [5, 5.41) is 12.3. The van der Waals surface area contributed by atoms with Gasteiger partial charge in [-0.15, -0.1) is 0 Å². The molecule has 0 saturated carbocycles. The lowest BCUT2D eigenvalue weighted by Gasteiger charge is -2.33. The van der Waals surface area contributed by atoms with Gasteiger partial charge in [0.15, 0.2) is 0 Å². The van der Waals surface area contributed by atoms with Gasteiger partial charge in [0.2, 0.25) is 5.91 Å². The largest absolute Gasteiger partial charge is 0.394 e. The maximum Gasteiger partial charge on any atom is 0.318 e. The van der Waals surface area contributed by atoms with Gasteiger partial charge < -0.3 is 25.0 Å². The predicted molar refractivity (Wildman–Crippen MR) is 88.9 cm³/mol. The van der Waals surface area contributed by atoms with E-state index in [-0.39, 0.29) is 30.7 Å². The van der Waals surface area contributed by atoms with Gasteiger partial charge in [-0.05, 0) is 18.1 Å². The topological polar surface area (TPSA) is 82.1 Å². The molecule has 3 rings (SSSR count). The number of fused-ring (bicyclic) bond motifs is 1. The zero-order valence-corrected chi connectivity index (χ0v) is 13.9. The summed E-state index contributed by atoms with van der Waals surface area (Å²) in [5.74, 6) is -0.134. The molecule has 7 heteroatoms. The lowest BCUT2D eigenvalue weighted by Crippen LogP contribution is -2.55. The summed E-state index contributed by atoms with van der Waals surface area (Å²) in [6, 6.07) is 6.47. The summed E-state index contributed by atoms with van der Waals surface area (Å²) in [4.78, 5) is 28.3. The molecular formula is C17H23N3O4. The molecule has 0 aromatic heterocycles. The van der Waals surface area contributed by atoms with Crippen molar-refractivity contribution in [3.63, 3.8) is 0 Å². The Morgan fingerprint density at radius 1 is 1.42 bits per heavy atom. The monoisotopic (exact) mass is 333 g/mol. The van der Waals surface area contributed by atoms with Crippen molar-refractivity contribution in [1.29, 1.82) is 0 Å². The summed E-state index contributed by atoms with van der Waals surface area (Å²) in [5.41, 5.74) is 1.90. The van der Waals surface area contributed by atoms with Crippen LogP contribution in [0.3, 0.4) is 0 Å². The number of nitrogens with zero attached hydrogens (tertiary/aromatic N) is 2. The zero-order chi connectivity index (χ0) is 17.3. The highest BCUT2D eigenvalue weighted by Gasteiger charge is 2.38. The standard InChI is InChI=1S/C17H23N3O4/c1-19-15-6-4-3-5-11(15)7-14(16(19)22)18-17(23)20-9-13(24-2)8-12(20)10-21/h3-6,12-14,21H,7-10H2,1-2H3,(H,18,23)/t12-,13+,14?/m0/s1. The Bertz CT molecular complexity index is 636. The van der Waals surface area contributed by atoms with Gasteiger partial charge in [-0.25, -0.2) is 4.79 Å². The molecule has 0 radical (unpaired) electrons. The number of rotatable bonds is 3. The van der Waals surface area contributed by atoms with Crippen LogP contribution in [0.5, 0.6) is 0 Å². The Morgan fingerprint density at radius 2 is 2.17 bits per heavy atom. The number of nitrogens with one attached hydrogen (secondary N) is 1. The molecule has 0 spiro atoms. The molecule has 2 N–H and O–H groups in total. The summed E-state index contributed by atoms with van der Waals surface area (Å²) in [6.07, 6.45) is 0.983. The number of carbonyl (C=O) groups is 2. The lowest BCUT2D eigenvalue weighted by molar-refractivity contribution is -0.120. The Labute approximate surface area is 141 Å². The number of para-hydroxylation sites is 1. The van der Waals surface area contributed by atoms with Crippen LogP contribution in [0.25, 0.3) is 0 Å². The Morgan fingerprint density at radius 3 is 2.88 bits per heavy atom. The molecule has 2 aliphatic heterocycles. The molecule has 1 aromatic rings. The van der Waals surface area contributed by atoms with Gasteiger partial charge in [0.25, 0.3) is 0 Å². The minimum atomic E-state index is -0.599.